The molecule has 0 aromatic heterocycles. The van der Waals surface area contributed by atoms with Gasteiger partial charge in [0.05, 0.1) is 10.6 Å². The van der Waals surface area contributed by atoms with Gasteiger partial charge in [0.15, 0.2) is 0 Å². The molecule has 5 nitrogen and oxygen atoms in total. The molecule has 1 aliphatic heterocycles. The van der Waals surface area contributed by atoms with E-state index in [9.17, 15) is 17.6 Å². The molecular formula is C18H19FN2O3S. The van der Waals surface area contributed by atoms with Crippen LogP contribution in [0.2, 0.25) is 0 Å². The Morgan fingerprint density at radius 2 is 1.76 bits per heavy atom. The van der Waals surface area contributed by atoms with Gasteiger partial charge in [-0.3, -0.25) is 4.79 Å². The lowest BCUT2D eigenvalue weighted by molar-refractivity contribution is -0.123. The number of aryl methyl sites for hydroxylation is 1. The topological polar surface area (TPSA) is 57.7 Å². The zero-order valence-corrected chi connectivity index (χ0v) is 14.8. The summed E-state index contributed by atoms with van der Waals surface area (Å²) < 4.78 is 40.9. The molecule has 2 aromatic rings. The Balaban J connectivity index is 1.91. The quantitative estimate of drug-likeness (QED) is 0.843. The van der Waals surface area contributed by atoms with E-state index in [1.54, 1.807) is 30.3 Å². The summed E-state index contributed by atoms with van der Waals surface area (Å²) in [6.45, 7) is 3.56. The second kappa shape index (κ2) is 6.57. The van der Waals surface area contributed by atoms with Crippen LogP contribution < -0.4 is 4.90 Å². The lowest BCUT2D eigenvalue weighted by Crippen LogP contribution is -2.57. The summed E-state index contributed by atoms with van der Waals surface area (Å²) >= 11 is 0. The van der Waals surface area contributed by atoms with Crippen molar-refractivity contribution >= 4 is 21.6 Å². The number of hydrogen-bond acceptors (Lipinski definition) is 3. The van der Waals surface area contributed by atoms with Crippen LogP contribution in [0.5, 0.6) is 0 Å². The van der Waals surface area contributed by atoms with Crippen LogP contribution in [0.3, 0.4) is 0 Å². The first-order chi connectivity index (χ1) is 11.8. The summed E-state index contributed by atoms with van der Waals surface area (Å²) in [6, 6.07) is 11.6. The molecule has 1 fully saturated rings. The normalized spacial score (nSPS) is 19.2. The summed E-state index contributed by atoms with van der Waals surface area (Å²) in [4.78, 5) is 14.2. The molecule has 1 aliphatic rings. The van der Waals surface area contributed by atoms with Crippen molar-refractivity contribution in [2.24, 2.45) is 0 Å². The molecule has 1 amide bonds. The van der Waals surface area contributed by atoms with Crippen LogP contribution in [0, 0.1) is 12.7 Å². The van der Waals surface area contributed by atoms with Gasteiger partial charge in [0, 0.05) is 13.1 Å². The van der Waals surface area contributed by atoms with E-state index in [0.29, 0.717) is 0 Å². The fourth-order valence-corrected chi connectivity index (χ4v) is 4.58. The van der Waals surface area contributed by atoms with Crippen LogP contribution in [0.25, 0.3) is 0 Å². The maximum Gasteiger partial charge on any atom is 0.245 e. The highest BCUT2D eigenvalue weighted by atomic mass is 32.2. The lowest BCUT2D eigenvalue weighted by Gasteiger charge is -2.38. The molecule has 0 aliphatic carbocycles. The molecule has 7 heteroatoms. The highest BCUT2D eigenvalue weighted by molar-refractivity contribution is 7.89. The molecule has 1 heterocycles. The molecular weight excluding hydrogens is 343 g/mol. The Kier molecular flexibility index (Phi) is 4.62. The van der Waals surface area contributed by atoms with Crippen LogP contribution in [-0.2, 0) is 14.8 Å². The Hall–Kier alpha value is -2.25. The van der Waals surface area contributed by atoms with Gasteiger partial charge in [-0.15, -0.1) is 0 Å². The molecule has 0 spiro atoms. The van der Waals surface area contributed by atoms with Gasteiger partial charge in [0.2, 0.25) is 15.9 Å². The van der Waals surface area contributed by atoms with Gasteiger partial charge < -0.3 is 4.90 Å². The highest BCUT2D eigenvalue weighted by Crippen LogP contribution is 2.27. The predicted molar refractivity (Wildman–Crippen MR) is 93.3 cm³/mol. The molecule has 0 saturated carbocycles. The molecule has 0 unspecified atom stereocenters. The van der Waals surface area contributed by atoms with Gasteiger partial charge in [-0.1, -0.05) is 24.3 Å². The number of halogens is 1. The number of carbonyl (C=O) groups is 1. The summed E-state index contributed by atoms with van der Waals surface area (Å²) in [5.74, 6) is -0.930. The molecule has 3 rings (SSSR count). The number of amides is 1. The van der Waals surface area contributed by atoms with Crippen molar-refractivity contribution in [3.63, 3.8) is 0 Å². The number of hydrogen-bond donors (Lipinski definition) is 0. The summed E-state index contributed by atoms with van der Waals surface area (Å²) in [5.41, 5.74) is 1.02. The van der Waals surface area contributed by atoms with Crippen molar-refractivity contribution in [1.82, 2.24) is 4.31 Å². The van der Waals surface area contributed by atoms with Crippen LogP contribution in [0.4, 0.5) is 10.1 Å². The maximum absolute atomic E-state index is 14.1. The third-order valence-corrected chi connectivity index (χ3v) is 6.33. The van der Waals surface area contributed by atoms with Crippen LogP contribution >= 0.6 is 0 Å². The van der Waals surface area contributed by atoms with Gasteiger partial charge >= 0.3 is 0 Å². The fraction of sp³-hybridized carbons (Fsp3) is 0.278. The fourth-order valence-electron chi connectivity index (χ4n) is 2.98. The molecule has 0 N–H and O–H groups in total. The minimum Gasteiger partial charge on any atom is -0.307 e. The van der Waals surface area contributed by atoms with Crippen LogP contribution in [0.1, 0.15) is 12.5 Å². The largest absolute Gasteiger partial charge is 0.307 e. The monoisotopic (exact) mass is 362 g/mol. The Labute approximate surface area is 146 Å². The zero-order valence-electron chi connectivity index (χ0n) is 14.0. The molecule has 1 atom stereocenters. The second-order valence-electron chi connectivity index (χ2n) is 6.05. The first kappa shape index (κ1) is 17.6. The molecule has 132 valence electrons. The minimum absolute atomic E-state index is 0.107. The molecule has 0 radical (unpaired) electrons. The van der Waals surface area contributed by atoms with Crippen molar-refractivity contribution in [1.29, 1.82) is 0 Å². The molecule has 25 heavy (non-hydrogen) atoms. The molecule has 2 aromatic carbocycles. The maximum atomic E-state index is 14.1. The average molecular weight is 362 g/mol. The highest BCUT2D eigenvalue weighted by Gasteiger charge is 2.40. The van der Waals surface area contributed by atoms with Gasteiger partial charge in [-0.05, 0) is 43.7 Å². The van der Waals surface area contributed by atoms with Crippen LogP contribution in [0.15, 0.2) is 53.4 Å². The van der Waals surface area contributed by atoms with E-state index in [0.717, 1.165) is 5.56 Å². The van der Waals surface area contributed by atoms with Gasteiger partial charge in [0.25, 0.3) is 0 Å². The van der Waals surface area contributed by atoms with Crippen molar-refractivity contribution in [3.8, 4) is 0 Å². The SMILES string of the molecule is Cc1ccc(F)c(N2CCN(S(=O)(=O)c3ccccc3)[C@@H](C)C2=O)c1. The minimum atomic E-state index is -3.78. The Morgan fingerprint density at radius 1 is 1.08 bits per heavy atom. The van der Waals surface area contributed by atoms with E-state index in [4.69, 9.17) is 0 Å². The van der Waals surface area contributed by atoms with Crippen molar-refractivity contribution < 1.29 is 17.6 Å². The van der Waals surface area contributed by atoms with Crippen molar-refractivity contribution in [2.75, 3.05) is 18.0 Å². The van der Waals surface area contributed by atoms with Crippen LogP contribution in [-0.4, -0.2) is 37.8 Å². The van der Waals surface area contributed by atoms with Gasteiger partial charge in [0.1, 0.15) is 11.9 Å². The van der Waals surface area contributed by atoms with Crippen molar-refractivity contribution in [2.45, 2.75) is 24.8 Å². The van der Waals surface area contributed by atoms with E-state index in [-0.39, 0.29) is 23.7 Å². The Morgan fingerprint density at radius 3 is 2.44 bits per heavy atom. The molecule has 1 saturated heterocycles. The number of nitrogens with zero attached hydrogens (tertiary/aromatic N) is 2. The van der Waals surface area contributed by atoms with E-state index in [2.05, 4.69) is 0 Å². The summed E-state index contributed by atoms with van der Waals surface area (Å²) in [5, 5.41) is 0. The molecule has 0 bridgehead atoms. The van der Waals surface area contributed by atoms with E-state index < -0.39 is 27.8 Å². The van der Waals surface area contributed by atoms with Gasteiger partial charge in [-0.2, -0.15) is 4.31 Å². The number of carbonyl (C=O) groups excluding carboxylic acids is 1. The number of anilines is 1. The number of benzene rings is 2. The first-order valence-electron chi connectivity index (χ1n) is 7.97. The van der Waals surface area contributed by atoms with E-state index in [1.165, 1.54) is 34.3 Å². The van der Waals surface area contributed by atoms with Crippen molar-refractivity contribution in [3.05, 3.63) is 59.9 Å². The number of piperazine rings is 1. The first-order valence-corrected chi connectivity index (χ1v) is 9.41. The van der Waals surface area contributed by atoms with Gasteiger partial charge in [-0.25, -0.2) is 12.8 Å². The summed E-state index contributed by atoms with van der Waals surface area (Å²) in [6.07, 6.45) is 0. The third-order valence-electron chi connectivity index (χ3n) is 4.34. The second-order valence-corrected chi connectivity index (χ2v) is 7.94. The standard InChI is InChI=1S/C18H19FN2O3S/c1-13-8-9-16(19)17(12-13)20-10-11-21(14(2)18(20)22)25(23,24)15-6-4-3-5-7-15/h3-9,12,14H,10-11H2,1-2H3/t14-/m0/s1. The van der Waals surface area contributed by atoms with E-state index >= 15 is 0 Å². The average Bonchev–Trinajstić information content (AvgIpc) is 2.60. The number of rotatable bonds is 3. The third kappa shape index (κ3) is 3.17. The predicted octanol–water partition coefficient (Wildman–Crippen LogP) is 2.56. The zero-order chi connectivity index (χ0) is 18.2. The lowest BCUT2D eigenvalue weighted by atomic mass is 10.1. The Bertz CT molecular complexity index is 900. The smallest absolute Gasteiger partial charge is 0.245 e. The van der Waals surface area contributed by atoms with E-state index in [1.807, 2.05) is 6.92 Å². The number of sulfonamides is 1. The summed E-state index contributed by atoms with van der Waals surface area (Å²) in [7, 11) is -3.78.